The van der Waals surface area contributed by atoms with Gasteiger partial charge in [-0.2, -0.15) is 0 Å². The Morgan fingerprint density at radius 1 is 1.30 bits per heavy atom. The zero-order valence-corrected chi connectivity index (χ0v) is 15.6. The van der Waals surface area contributed by atoms with Crippen LogP contribution in [0.3, 0.4) is 0 Å². The third-order valence-electron chi connectivity index (χ3n) is 8.12. The molecule has 5 nitrogen and oxygen atoms in total. The maximum Gasteiger partial charge on any atom is 0.190 e. The van der Waals surface area contributed by atoms with E-state index >= 15 is 4.39 Å². The molecular formula is C21H25FO5. The van der Waals surface area contributed by atoms with E-state index in [1.807, 2.05) is 0 Å². The number of Topliss-reactive ketones (excluding diaryl/α,β-unsaturated/α-hetero) is 2. The number of aliphatic hydroxyl groups is 2. The Morgan fingerprint density at radius 3 is 2.67 bits per heavy atom. The second kappa shape index (κ2) is 5.45. The van der Waals surface area contributed by atoms with E-state index in [-0.39, 0.29) is 31.5 Å². The van der Waals surface area contributed by atoms with E-state index in [0.717, 1.165) is 0 Å². The third kappa shape index (κ3) is 1.98. The third-order valence-corrected chi connectivity index (χ3v) is 8.12. The monoisotopic (exact) mass is 376 g/mol. The Bertz CT molecular complexity index is 815. The number of carbonyl (C=O) groups is 3. The molecule has 0 aromatic carbocycles. The lowest BCUT2D eigenvalue weighted by Gasteiger charge is -2.58. The van der Waals surface area contributed by atoms with E-state index in [1.165, 1.54) is 6.08 Å². The van der Waals surface area contributed by atoms with E-state index in [1.54, 1.807) is 26.0 Å². The fourth-order valence-electron chi connectivity index (χ4n) is 6.34. The van der Waals surface area contributed by atoms with Crippen LogP contribution in [0.1, 0.15) is 46.0 Å². The molecule has 0 aliphatic heterocycles. The minimum atomic E-state index is -2.16. The van der Waals surface area contributed by atoms with Crippen molar-refractivity contribution >= 4 is 17.3 Å². The van der Waals surface area contributed by atoms with Gasteiger partial charge in [0.15, 0.2) is 23.0 Å². The van der Waals surface area contributed by atoms with Crippen molar-refractivity contribution in [3.8, 4) is 0 Å². The Hall–Kier alpha value is -1.66. The van der Waals surface area contributed by atoms with Crippen LogP contribution in [0, 0.1) is 22.7 Å². The zero-order valence-electron chi connectivity index (χ0n) is 15.6. The van der Waals surface area contributed by atoms with Crippen LogP contribution in [-0.2, 0) is 14.4 Å². The zero-order chi connectivity index (χ0) is 19.8. The number of carbonyl (C=O) groups excluding carboxylic acids is 3. The molecule has 146 valence electrons. The van der Waals surface area contributed by atoms with Gasteiger partial charge >= 0.3 is 0 Å². The molecule has 2 fully saturated rings. The minimum absolute atomic E-state index is 0.0638. The summed E-state index contributed by atoms with van der Waals surface area (Å²) >= 11 is 0. The SMILES string of the molecule is C[C@]12CCC(=O)C=C1C=C[C@H]1[C@@H]3CC[C@](O)(C(=O)CO)[C@@]3(C)CC(=O)[C@@]12F. The highest BCUT2D eigenvalue weighted by Crippen LogP contribution is 2.67. The van der Waals surface area contributed by atoms with Crippen molar-refractivity contribution in [1.82, 2.24) is 0 Å². The molecule has 2 N–H and O–H groups in total. The first-order chi connectivity index (χ1) is 12.5. The fourth-order valence-corrected chi connectivity index (χ4v) is 6.34. The van der Waals surface area contributed by atoms with Crippen molar-refractivity contribution in [3.05, 3.63) is 23.8 Å². The van der Waals surface area contributed by atoms with Crippen LogP contribution < -0.4 is 0 Å². The first-order valence-corrected chi connectivity index (χ1v) is 9.56. The van der Waals surface area contributed by atoms with Gasteiger partial charge in [0.05, 0.1) is 0 Å². The molecule has 0 spiro atoms. The summed E-state index contributed by atoms with van der Waals surface area (Å²) in [7, 11) is 0. The number of hydrogen-bond donors (Lipinski definition) is 2. The van der Waals surface area contributed by atoms with Crippen molar-refractivity contribution < 1.29 is 29.0 Å². The molecule has 0 heterocycles. The van der Waals surface area contributed by atoms with E-state index in [9.17, 15) is 24.6 Å². The Labute approximate surface area is 157 Å². The normalized spacial score (nSPS) is 48.6. The van der Waals surface area contributed by atoms with Crippen LogP contribution in [0.25, 0.3) is 0 Å². The number of allylic oxidation sites excluding steroid dienone is 4. The van der Waals surface area contributed by atoms with Gasteiger partial charge < -0.3 is 10.2 Å². The van der Waals surface area contributed by atoms with Gasteiger partial charge in [-0.05, 0) is 36.8 Å². The van der Waals surface area contributed by atoms with Crippen molar-refractivity contribution in [2.24, 2.45) is 22.7 Å². The molecule has 6 heteroatoms. The molecule has 0 unspecified atom stereocenters. The molecule has 4 aliphatic rings. The summed E-state index contributed by atoms with van der Waals surface area (Å²) in [6.45, 7) is 2.57. The average Bonchev–Trinajstić information content (AvgIpc) is 2.88. The highest BCUT2D eigenvalue weighted by molar-refractivity contribution is 5.98. The predicted molar refractivity (Wildman–Crippen MR) is 94.4 cm³/mol. The number of halogens is 1. The van der Waals surface area contributed by atoms with Crippen molar-refractivity contribution in [2.45, 2.75) is 57.2 Å². The maximum absolute atomic E-state index is 16.6. The average molecular weight is 376 g/mol. The van der Waals surface area contributed by atoms with E-state index in [2.05, 4.69) is 0 Å². The topological polar surface area (TPSA) is 91.7 Å². The van der Waals surface area contributed by atoms with Gasteiger partial charge in [-0.1, -0.05) is 26.0 Å². The largest absolute Gasteiger partial charge is 0.388 e. The lowest BCUT2D eigenvalue weighted by molar-refractivity contribution is -0.180. The maximum atomic E-state index is 16.6. The molecular weight excluding hydrogens is 351 g/mol. The number of aliphatic hydroxyl groups excluding tert-OH is 1. The summed E-state index contributed by atoms with van der Waals surface area (Å²) in [5, 5.41) is 20.4. The van der Waals surface area contributed by atoms with Crippen LogP contribution in [0.5, 0.6) is 0 Å². The fraction of sp³-hybridized carbons (Fsp3) is 0.667. The van der Waals surface area contributed by atoms with Gasteiger partial charge in [0.2, 0.25) is 0 Å². The first-order valence-electron chi connectivity index (χ1n) is 9.56. The molecule has 4 rings (SSSR count). The van der Waals surface area contributed by atoms with Gasteiger partial charge in [-0.3, -0.25) is 14.4 Å². The summed E-state index contributed by atoms with van der Waals surface area (Å²) in [5.41, 5.74) is -5.63. The van der Waals surface area contributed by atoms with Crippen molar-refractivity contribution in [1.29, 1.82) is 0 Å². The van der Waals surface area contributed by atoms with E-state index in [0.29, 0.717) is 12.0 Å². The highest BCUT2D eigenvalue weighted by Gasteiger charge is 2.73. The summed E-state index contributed by atoms with van der Waals surface area (Å²) in [5.74, 6) is -2.55. The molecule has 27 heavy (non-hydrogen) atoms. The van der Waals surface area contributed by atoms with Crippen LogP contribution in [0.4, 0.5) is 4.39 Å². The molecule has 2 saturated carbocycles. The first kappa shape index (κ1) is 18.7. The lowest BCUT2D eigenvalue weighted by Crippen LogP contribution is -2.67. The lowest BCUT2D eigenvalue weighted by atomic mass is 9.46. The van der Waals surface area contributed by atoms with Crippen LogP contribution in [-0.4, -0.2) is 45.4 Å². The molecule has 0 radical (unpaired) electrons. The predicted octanol–water partition coefficient (Wildman–Crippen LogP) is 1.86. The van der Waals surface area contributed by atoms with Crippen LogP contribution in [0.2, 0.25) is 0 Å². The molecule has 0 amide bonds. The molecule has 0 saturated heterocycles. The van der Waals surface area contributed by atoms with Gasteiger partial charge in [-0.25, -0.2) is 4.39 Å². The second-order valence-electron chi connectivity index (χ2n) is 9.10. The second-order valence-corrected chi connectivity index (χ2v) is 9.10. The van der Waals surface area contributed by atoms with Gasteiger partial charge in [0.25, 0.3) is 0 Å². The number of hydrogen-bond acceptors (Lipinski definition) is 5. The Balaban J connectivity index is 1.86. The molecule has 0 aromatic heterocycles. The standard InChI is InChI=1S/C21H25FO5/c1-18-7-5-13(24)9-12(18)3-4-15-14-6-8-20(27,17(26)11-23)19(14,2)10-16(25)21(15,18)22/h3-4,9,14-15,23,27H,5-8,10-11H2,1-2H3/t14-,15-,18-,19-,20-,21-/m0/s1. The summed E-state index contributed by atoms with van der Waals surface area (Å²) in [6, 6.07) is 0. The smallest absolute Gasteiger partial charge is 0.190 e. The minimum Gasteiger partial charge on any atom is -0.388 e. The van der Waals surface area contributed by atoms with E-state index in [4.69, 9.17) is 0 Å². The quantitative estimate of drug-likeness (QED) is 0.768. The Kier molecular flexibility index (Phi) is 3.77. The summed E-state index contributed by atoms with van der Waals surface area (Å²) < 4.78 is 16.6. The molecule has 4 aliphatic carbocycles. The molecule has 0 aromatic rings. The summed E-state index contributed by atoms with van der Waals surface area (Å²) in [6.07, 6.45) is 5.57. The van der Waals surface area contributed by atoms with Crippen molar-refractivity contribution in [3.63, 3.8) is 0 Å². The number of fused-ring (bicyclic) bond motifs is 5. The van der Waals surface area contributed by atoms with Gasteiger partial charge in [-0.15, -0.1) is 0 Å². The molecule has 6 atom stereocenters. The van der Waals surface area contributed by atoms with Gasteiger partial charge in [0, 0.05) is 29.6 Å². The Morgan fingerprint density at radius 2 is 2.00 bits per heavy atom. The van der Waals surface area contributed by atoms with Crippen molar-refractivity contribution in [2.75, 3.05) is 6.61 Å². The number of ketones is 3. The van der Waals surface area contributed by atoms with Crippen LogP contribution >= 0.6 is 0 Å². The number of rotatable bonds is 2. The van der Waals surface area contributed by atoms with E-state index < -0.39 is 52.1 Å². The number of alkyl halides is 1. The van der Waals surface area contributed by atoms with Crippen LogP contribution in [0.15, 0.2) is 23.8 Å². The highest BCUT2D eigenvalue weighted by atomic mass is 19.1. The van der Waals surface area contributed by atoms with Gasteiger partial charge in [0.1, 0.15) is 12.2 Å². The molecule has 0 bridgehead atoms. The summed E-state index contributed by atoms with van der Waals surface area (Å²) in [4.78, 5) is 37.4.